The van der Waals surface area contributed by atoms with E-state index in [1.807, 2.05) is 30.1 Å². The Hall–Kier alpha value is -1.67. The summed E-state index contributed by atoms with van der Waals surface area (Å²) in [5, 5.41) is 16.7. The van der Waals surface area contributed by atoms with E-state index in [1.165, 1.54) is 14.6 Å². The Morgan fingerprint density at radius 1 is 1.00 bits per heavy atom. The van der Waals surface area contributed by atoms with E-state index in [-0.39, 0.29) is 0 Å². The summed E-state index contributed by atoms with van der Waals surface area (Å²) < 4.78 is 0. The second kappa shape index (κ2) is 4.26. The second-order valence-corrected chi connectivity index (χ2v) is 2.22. The molecular weight excluding hydrogens is 146 g/mol. The van der Waals surface area contributed by atoms with E-state index < -0.39 is 0 Å². The third-order valence-corrected chi connectivity index (χ3v) is 1.37. The Balaban J connectivity index is 2.84. The topological polar surface area (TPSA) is 47.6 Å². The lowest BCUT2D eigenvalue weighted by Gasteiger charge is -1.95. The second-order valence-electron chi connectivity index (χ2n) is 2.22. The first-order valence-electron chi connectivity index (χ1n) is 3.42. The van der Waals surface area contributed by atoms with Crippen molar-refractivity contribution in [2.24, 2.45) is 0 Å². The lowest BCUT2D eigenvalue weighted by atomic mass is 9.66. The molecule has 2 radical (unpaired) electrons. The number of nitrogens with zero attached hydrogens (tertiary/aromatic N) is 2. The Morgan fingerprint density at radius 2 is 1.50 bits per heavy atom. The quantitative estimate of drug-likeness (QED) is 0.523. The minimum absolute atomic E-state index is 0.821. The van der Waals surface area contributed by atoms with Gasteiger partial charge in [0.2, 0.25) is 0 Å². The number of hydrogen-bond donors (Lipinski definition) is 0. The molecule has 0 saturated carbocycles. The fraction of sp³-hybridized carbons (Fsp3) is 0. The summed E-state index contributed by atoms with van der Waals surface area (Å²) in [6, 6.07) is 7.23. The third kappa shape index (κ3) is 2.18. The van der Waals surface area contributed by atoms with E-state index in [2.05, 4.69) is 0 Å². The van der Waals surface area contributed by atoms with E-state index in [0.717, 1.165) is 10.9 Å². The van der Waals surface area contributed by atoms with Gasteiger partial charge in [0, 0.05) is 11.9 Å². The highest BCUT2D eigenvalue weighted by Crippen LogP contribution is 1.78. The zero-order chi connectivity index (χ0) is 8.81. The lowest BCUT2D eigenvalue weighted by molar-refractivity contribution is 1.56. The maximum absolute atomic E-state index is 8.36. The molecule has 0 aliphatic rings. The summed E-state index contributed by atoms with van der Waals surface area (Å²) in [6.07, 6.45) is 0. The maximum atomic E-state index is 8.36. The van der Waals surface area contributed by atoms with Crippen LogP contribution in [0.4, 0.5) is 0 Å². The predicted molar refractivity (Wildman–Crippen MR) is 48.4 cm³/mol. The molecule has 52 valence electrons. The van der Waals surface area contributed by atoms with Gasteiger partial charge in [0.05, 0.1) is 0 Å². The highest BCUT2D eigenvalue weighted by atomic mass is 14.2. The monoisotopic (exact) mass is 150 g/mol. The summed E-state index contributed by atoms with van der Waals surface area (Å²) in [4.78, 5) is 0. The maximum Gasteiger partial charge on any atom is 0.291 e. The van der Waals surface area contributed by atoms with Gasteiger partial charge >= 0.3 is 0 Å². The van der Waals surface area contributed by atoms with Crippen LogP contribution in [0, 0.1) is 22.5 Å². The van der Waals surface area contributed by atoms with E-state index in [0.29, 0.717) is 0 Å². The number of rotatable bonds is 2. The molecule has 0 aromatic heterocycles. The minimum Gasteiger partial charge on any atom is -0.213 e. The molecule has 0 atom stereocenters. The fourth-order valence-electron chi connectivity index (χ4n) is 0.888. The van der Waals surface area contributed by atoms with E-state index in [9.17, 15) is 0 Å². The van der Waals surface area contributed by atoms with E-state index in [1.54, 1.807) is 6.07 Å². The Bertz CT molecular complexity index is 318. The summed E-state index contributed by atoms with van der Waals surface area (Å²) >= 11 is 0. The molecular formula is C8H4B2N2. The molecule has 0 saturated heterocycles. The first-order valence-corrected chi connectivity index (χ1v) is 3.42. The van der Waals surface area contributed by atoms with Crippen LogP contribution in [-0.4, -0.2) is 14.6 Å². The molecule has 0 heterocycles. The molecule has 0 N–H and O–H groups in total. The lowest BCUT2D eigenvalue weighted by Crippen LogP contribution is -2.21. The van der Waals surface area contributed by atoms with Gasteiger partial charge < -0.3 is 0 Å². The van der Waals surface area contributed by atoms with Crippen molar-refractivity contribution in [3.05, 3.63) is 24.3 Å². The molecule has 0 aliphatic carbocycles. The normalized spacial score (nSPS) is 7.83. The largest absolute Gasteiger partial charge is 0.291 e. The Kier molecular flexibility index (Phi) is 2.99. The Labute approximate surface area is 72.9 Å². The molecule has 0 aliphatic heterocycles. The Morgan fingerprint density at radius 3 is 1.92 bits per heavy atom. The minimum atomic E-state index is 0.821. The van der Waals surface area contributed by atoms with Crippen LogP contribution >= 0.6 is 0 Å². The molecule has 4 heteroatoms. The average molecular weight is 150 g/mol. The zero-order valence-corrected chi connectivity index (χ0v) is 6.36. The van der Waals surface area contributed by atoms with Crippen LogP contribution in [0.15, 0.2) is 24.3 Å². The zero-order valence-electron chi connectivity index (χ0n) is 6.36. The molecule has 0 unspecified atom stereocenters. The van der Waals surface area contributed by atoms with Gasteiger partial charge in [0.25, 0.3) is 14.6 Å². The van der Waals surface area contributed by atoms with Gasteiger partial charge in [-0.1, -0.05) is 35.2 Å². The van der Waals surface area contributed by atoms with Crippen molar-refractivity contribution in [1.29, 1.82) is 10.5 Å². The fourth-order valence-corrected chi connectivity index (χ4v) is 0.888. The van der Waals surface area contributed by atoms with Gasteiger partial charge in [-0.25, -0.2) is 10.5 Å². The van der Waals surface area contributed by atoms with Crippen LogP contribution < -0.4 is 10.9 Å². The highest BCUT2D eigenvalue weighted by molar-refractivity contribution is 6.64. The molecule has 12 heavy (non-hydrogen) atoms. The third-order valence-electron chi connectivity index (χ3n) is 1.37. The summed E-state index contributed by atoms with van der Waals surface area (Å²) in [6.45, 7) is 0. The van der Waals surface area contributed by atoms with E-state index >= 15 is 0 Å². The van der Waals surface area contributed by atoms with Crippen LogP contribution in [0.3, 0.4) is 0 Å². The summed E-state index contributed by atoms with van der Waals surface area (Å²) in [5.41, 5.74) is 1.64. The van der Waals surface area contributed by atoms with Crippen molar-refractivity contribution in [1.82, 2.24) is 0 Å². The van der Waals surface area contributed by atoms with Crippen molar-refractivity contribution in [3.8, 4) is 11.9 Å². The highest BCUT2D eigenvalue weighted by Gasteiger charge is 1.97. The number of nitriles is 2. The van der Waals surface area contributed by atoms with Gasteiger partial charge in [-0.05, 0) is 0 Å². The first kappa shape index (κ1) is 8.43. The van der Waals surface area contributed by atoms with Crippen molar-refractivity contribution in [3.63, 3.8) is 0 Å². The molecule has 0 bridgehead atoms. The standard InChI is InChI=1S/C8H4B2N2/c11-5-9-7-2-1-3-8(4-7)10-6-12/h1-4H. The summed E-state index contributed by atoms with van der Waals surface area (Å²) in [7, 11) is 2.88. The van der Waals surface area contributed by atoms with Crippen molar-refractivity contribution in [2.45, 2.75) is 0 Å². The van der Waals surface area contributed by atoms with Crippen LogP contribution in [0.25, 0.3) is 0 Å². The van der Waals surface area contributed by atoms with Crippen LogP contribution in [0.1, 0.15) is 0 Å². The molecule has 1 rings (SSSR count). The molecule has 0 amide bonds. The molecule has 1 aromatic carbocycles. The predicted octanol–water partition coefficient (Wildman–Crippen LogP) is -0.692. The van der Waals surface area contributed by atoms with E-state index in [4.69, 9.17) is 10.5 Å². The van der Waals surface area contributed by atoms with Crippen molar-refractivity contribution in [2.75, 3.05) is 0 Å². The average Bonchev–Trinajstić information content (AvgIpc) is 2.06. The molecule has 2 nitrogen and oxygen atoms in total. The number of hydrogen-bond acceptors (Lipinski definition) is 2. The first-order chi connectivity index (χ1) is 5.86. The van der Waals surface area contributed by atoms with Gasteiger partial charge in [0.15, 0.2) is 0 Å². The van der Waals surface area contributed by atoms with Crippen LogP contribution in [0.2, 0.25) is 0 Å². The SMILES string of the molecule is N#C[B]c1cccc([B]C#N)c1. The van der Waals surface area contributed by atoms with Crippen molar-refractivity contribution < 1.29 is 0 Å². The van der Waals surface area contributed by atoms with Gasteiger partial charge in [0.1, 0.15) is 0 Å². The van der Waals surface area contributed by atoms with Crippen LogP contribution in [-0.2, 0) is 0 Å². The smallest absolute Gasteiger partial charge is 0.213 e. The van der Waals surface area contributed by atoms with Gasteiger partial charge in [-0.15, -0.1) is 0 Å². The molecule has 1 aromatic rings. The molecule has 0 fully saturated rings. The number of benzene rings is 1. The van der Waals surface area contributed by atoms with Crippen LogP contribution in [0.5, 0.6) is 0 Å². The summed E-state index contributed by atoms with van der Waals surface area (Å²) in [5.74, 6) is 3.86. The van der Waals surface area contributed by atoms with Gasteiger partial charge in [-0.2, -0.15) is 0 Å². The van der Waals surface area contributed by atoms with Gasteiger partial charge in [-0.3, -0.25) is 0 Å². The van der Waals surface area contributed by atoms with Crippen molar-refractivity contribution >= 4 is 25.5 Å². The molecule has 0 spiro atoms.